The average Bonchev–Trinajstić information content (AvgIpc) is 3.12. The highest BCUT2D eigenvalue weighted by Crippen LogP contribution is 2.33. The lowest BCUT2D eigenvalue weighted by atomic mass is 10.0. The van der Waals surface area contributed by atoms with E-state index in [9.17, 15) is 9.18 Å². The van der Waals surface area contributed by atoms with Gasteiger partial charge in [-0.2, -0.15) is 9.49 Å². The topological polar surface area (TPSA) is 70.2 Å². The molecule has 0 fully saturated rings. The molecular weight excluding hydrogens is 409 g/mol. The first kappa shape index (κ1) is 20.1. The van der Waals surface area contributed by atoms with Crippen molar-refractivity contribution in [1.29, 1.82) is 0 Å². The molecule has 4 aromatic rings. The molecule has 4 rings (SSSR count). The van der Waals surface area contributed by atoms with Gasteiger partial charge in [-0.05, 0) is 50.6 Å². The van der Waals surface area contributed by atoms with Gasteiger partial charge in [0.2, 0.25) is 0 Å². The van der Waals surface area contributed by atoms with Crippen molar-refractivity contribution in [1.82, 2.24) is 14.8 Å². The van der Waals surface area contributed by atoms with Crippen molar-refractivity contribution >= 4 is 22.6 Å². The lowest BCUT2D eigenvalue weighted by molar-refractivity contribution is 0.213. The molecule has 0 saturated carbocycles. The first-order valence-corrected chi connectivity index (χ1v) is 9.68. The Morgan fingerprint density at radius 1 is 1.27 bits per heavy atom. The van der Waals surface area contributed by atoms with Crippen LogP contribution in [0.1, 0.15) is 29.7 Å². The Balaban J connectivity index is 1.88. The van der Waals surface area contributed by atoms with Crippen LogP contribution in [0.3, 0.4) is 0 Å². The van der Waals surface area contributed by atoms with Crippen LogP contribution >= 0.6 is 11.6 Å². The Morgan fingerprint density at radius 2 is 2.03 bits per heavy atom. The molecule has 8 heteroatoms. The number of aromatic nitrogens is 3. The molecule has 0 radical (unpaired) electrons. The summed E-state index contributed by atoms with van der Waals surface area (Å²) in [5.41, 5.74) is 2.94. The smallest absolute Gasteiger partial charge is 0.256 e. The van der Waals surface area contributed by atoms with Crippen LogP contribution in [-0.4, -0.2) is 14.8 Å². The zero-order valence-corrected chi connectivity index (χ0v) is 17.6. The van der Waals surface area contributed by atoms with Gasteiger partial charge in [0.15, 0.2) is 11.2 Å². The van der Waals surface area contributed by atoms with Crippen molar-refractivity contribution in [3.8, 4) is 17.1 Å². The van der Waals surface area contributed by atoms with E-state index in [2.05, 4.69) is 10.1 Å². The predicted octanol–water partition coefficient (Wildman–Crippen LogP) is 5.14. The quantitative estimate of drug-likeness (QED) is 0.422. The number of pyridine rings is 1. The Bertz CT molecular complexity index is 1330. The highest BCUT2D eigenvalue weighted by atomic mass is 35.5. The number of hydrogen-bond acceptors (Lipinski definition) is 5. The van der Waals surface area contributed by atoms with E-state index in [1.54, 1.807) is 44.0 Å². The summed E-state index contributed by atoms with van der Waals surface area (Å²) >= 11 is 5.72. The fourth-order valence-electron chi connectivity index (χ4n) is 3.42. The highest BCUT2D eigenvalue weighted by Gasteiger charge is 2.21. The molecule has 0 aliphatic carbocycles. The van der Waals surface area contributed by atoms with E-state index in [0.717, 1.165) is 5.56 Å². The number of hydrogen-bond donors (Lipinski definition) is 0. The largest absolute Gasteiger partial charge is 0.481 e. The average molecular weight is 428 g/mol. The van der Waals surface area contributed by atoms with E-state index in [1.165, 1.54) is 12.1 Å². The second kappa shape index (κ2) is 7.57. The zero-order valence-electron chi connectivity index (χ0n) is 16.9. The third kappa shape index (κ3) is 3.57. The molecule has 154 valence electrons. The third-order valence-corrected chi connectivity index (χ3v) is 5.09. The van der Waals surface area contributed by atoms with E-state index >= 15 is 0 Å². The number of rotatable bonds is 4. The molecule has 1 atom stereocenters. The lowest BCUT2D eigenvalue weighted by Crippen LogP contribution is -2.11. The van der Waals surface area contributed by atoms with Gasteiger partial charge in [0.25, 0.3) is 5.95 Å². The summed E-state index contributed by atoms with van der Waals surface area (Å²) in [6.07, 6.45) is 2.80. The lowest BCUT2D eigenvalue weighted by Gasteiger charge is -2.18. The van der Waals surface area contributed by atoms with E-state index in [-0.39, 0.29) is 16.3 Å². The van der Waals surface area contributed by atoms with Crippen LogP contribution in [-0.2, 0) is 7.05 Å². The molecule has 6 nitrogen and oxygen atoms in total. The van der Waals surface area contributed by atoms with Gasteiger partial charge in [0.05, 0.1) is 17.1 Å². The molecule has 0 spiro atoms. The normalized spacial score (nSPS) is 12.3. The van der Waals surface area contributed by atoms with Gasteiger partial charge < -0.3 is 9.15 Å². The van der Waals surface area contributed by atoms with Crippen LogP contribution in [0.25, 0.3) is 22.3 Å². The molecule has 0 unspecified atom stereocenters. The molecule has 0 amide bonds. The predicted molar refractivity (Wildman–Crippen MR) is 112 cm³/mol. The SMILES string of the molecule is Cc1cc([C@@H](C)Oc2ccc(Cl)nc2F)c2oc(-c3cnn(C)c3)c(C)c(=O)c2c1. The number of nitrogens with zero attached hydrogens (tertiary/aromatic N) is 3. The van der Waals surface area contributed by atoms with Crippen LogP contribution < -0.4 is 10.2 Å². The summed E-state index contributed by atoms with van der Waals surface area (Å²) in [5.74, 6) is -0.402. The summed E-state index contributed by atoms with van der Waals surface area (Å²) in [5, 5.41) is 4.64. The minimum atomic E-state index is -0.806. The van der Waals surface area contributed by atoms with Crippen LogP contribution in [0.15, 0.2) is 45.9 Å². The van der Waals surface area contributed by atoms with Crippen molar-refractivity contribution < 1.29 is 13.5 Å². The maximum Gasteiger partial charge on any atom is 0.256 e. The van der Waals surface area contributed by atoms with Crippen LogP contribution in [0.2, 0.25) is 5.15 Å². The number of benzene rings is 1. The van der Waals surface area contributed by atoms with E-state index in [4.69, 9.17) is 20.8 Å². The van der Waals surface area contributed by atoms with Crippen molar-refractivity contribution in [3.05, 3.63) is 74.7 Å². The second-order valence-electron chi connectivity index (χ2n) is 7.20. The monoisotopic (exact) mass is 427 g/mol. The van der Waals surface area contributed by atoms with Gasteiger partial charge in [-0.25, -0.2) is 4.98 Å². The minimum Gasteiger partial charge on any atom is -0.481 e. The highest BCUT2D eigenvalue weighted by molar-refractivity contribution is 6.29. The Labute approximate surface area is 176 Å². The summed E-state index contributed by atoms with van der Waals surface area (Å²) in [6, 6.07) is 6.51. The van der Waals surface area contributed by atoms with Gasteiger partial charge in [-0.3, -0.25) is 9.48 Å². The summed E-state index contributed by atoms with van der Waals surface area (Å²) in [6.45, 7) is 5.36. The van der Waals surface area contributed by atoms with Crippen LogP contribution in [0.4, 0.5) is 4.39 Å². The Kier molecular flexibility index (Phi) is 5.07. The van der Waals surface area contributed by atoms with Crippen molar-refractivity contribution in [3.63, 3.8) is 0 Å². The number of ether oxygens (including phenoxy) is 1. The van der Waals surface area contributed by atoms with Crippen molar-refractivity contribution in [2.45, 2.75) is 26.9 Å². The molecule has 1 aromatic carbocycles. The second-order valence-corrected chi connectivity index (χ2v) is 7.59. The maximum atomic E-state index is 14.1. The van der Waals surface area contributed by atoms with Gasteiger partial charge >= 0.3 is 0 Å². The van der Waals surface area contributed by atoms with Crippen molar-refractivity contribution in [2.24, 2.45) is 7.05 Å². The molecule has 0 bridgehead atoms. The molecule has 3 aromatic heterocycles. The molecule has 0 N–H and O–H groups in total. The fraction of sp³-hybridized carbons (Fsp3) is 0.227. The van der Waals surface area contributed by atoms with Crippen LogP contribution in [0, 0.1) is 19.8 Å². The van der Waals surface area contributed by atoms with Gasteiger partial charge in [-0.1, -0.05) is 11.6 Å². The fourth-order valence-corrected chi connectivity index (χ4v) is 3.56. The first-order valence-electron chi connectivity index (χ1n) is 9.30. The summed E-state index contributed by atoms with van der Waals surface area (Å²) in [7, 11) is 1.79. The first-order chi connectivity index (χ1) is 14.2. The molecule has 0 aliphatic heterocycles. The standard InChI is InChI=1S/C22H19ClFN3O3/c1-11-7-15(13(3)29-17-5-6-18(23)26-22(17)24)21-16(8-11)19(28)12(2)20(30-21)14-9-25-27(4)10-14/h5-10,13H,1-4H3/t13-/m1/s1. The molecular formula is C22H19ClFN3O3. The van der Waals surface area contributed by atoms with E-state index in [0.29, 0.717) is 33.4 Å². The zero-order chi connectivity index (χ0) is 21.6. The van der Waals surface area contributed by atoms with E-state index in [1.807, 2.05) is 13.0 Å². The molecule has 30 heavy (non-hydrogen) atoms. The Morgan fingerprint density at radius 3 is 2.70 bits per heavy atom. The summed E-state index contributed by atoms with van der Waals surface area (Å²) in [4.78, 5) is 16.7. The molecule has 0 saturated heterocycles. The number of aryl methyl sites for hydroxylation is 2. The van der Waals surface area contributed by atoms with E-state index < -0.39 is 12.1 Å². The Hall–Kier alpha value is -3.19. The molecule has 0 aliphatic rings. The van der Waals surface area contributed by atoms with Gasteiger partial charge in [-0.15, -0.1) is 0 Å². The third-order valence-electron chi connectivity index (χ3n) is 4.88. The van der Waals surface area contributed by atoms with Gasteiger partial charge in [0, 0.05) is 24.4 Å². The summed E-state index contributed by atoms with van der Waals surface area (Å²) < 4.78 is 27.8. The molecule has 3 heterocycles. The van der Waals surface area contributed by atoms with Gasteiger partial charge in [0.1, 0.15) is 22.6 Å². The number of halogens is 2. The minimum absolute atomic E-state index is 0.0380. The maximum absolute atomic E-state index is 14.1. The van der Waals surface area contributed by atoms with Crippen LogP contribution in [0.5, 0.6) is 5.75 Å². The van der Waals surface area contributed by atoms with Crippen molar-refractivity contribution in [2.75, 3.05) is 0 Å². The number of fused-ring (bicyclic) bond motifs is 1.